The van der Waals surface area contributed by atoms with E-state index in [1.54, 1.807) is 25.1 Å². The van der Waals surface area contributed by atoms with Crippen molar-refractivity contribution in [3.8, 4) is 0 Å². The number of benzene rings is 2. The molecule has 0 spiro atoms. The first-order valence-electron chi connectivity index (χ1n) is 8.14. The van der Waals surface area contributed by atoms with Crippen LogP contribution >= 0.6 is 11.6 Å². The van der Waals surface area contributed by atoms with E-state index in [-0.39, 0.29) is 0 Å². The van der Waals surface area contributed by atoms with Gasteiger partial charge in [-0.3, -0.25) is 9.10 Å². The van der Waals surface area contributed by atoms with E-state index in [2.05, 4.69) is 5.32 Å². The van der Waals surface area contributed by atoms with Crippen molar-refractivity contribution >= 4 is 38.9 Å². The molecule has 140 valence electrons. The second kappa shape index (κ2) is 7.68. The van der Waals surface area contributed by atoms with Crippen molar-refractivity contribution in [2.45, 2.75) is 33.7 Å². The minimum absolute atomic E-state index is 0.353. The van der Waals surface area contributed by atoms with Gasteiger partial charge < -0.3 is 5.32 Å². The lowest BCUT2D eigenvalue weighted by Crippen LogP contribution is -2.45. The summed E-state index contributed by atoms with van der Waals surface area (Å²) in [5.41, 5.74) is 3.84. The highest BCUT2D eigenvalue weighted by Crippen LogP contribution is 2.27. The first-order chi connectivity index (χ1) is 12.0. The molecule has 0 bridgehead atoms. The molecule has 1 amide bonds. The van der Waals surface area contributed by atoms with Gasteiger partial charge in [0.1, 0.15) is 6.04 Å². The maximum atomic E-state index is 12.7. The van der Waals surface area contributed by atoms with Crippen LogP contribution in [0.5, 0.6) is 0 Å². The van der Waals surface area contributed by atoms with Crippen molar-refractivity contribution in [1.82, 2.24) is 0 Å². The topological polar surface area (TPSA) is 66.5 Å². The average molecular weight is 395 g/mol. The minimum atomic E-state index is -3.69. The zero-order valence-electron chi connectivity index (χ0n) is 15.5. The van der Waals surface area contributed by atoms with E-state index in [1.165, 1.54) is 0 Å². The number of hydrogen-bond acceptors (Lipinski definition) is 3. The molecule has 0 aliphatic rings. The normalized spacial score (nSPS) is 12.5. The van der Waals surface area contributed by atoms with Crippen molar-refractivity contribution in [2.24, 2.45) is 0 Å². The Bertz CT molecular complexity index is 922. The van der Waals surface area contributed by atoms with Gasteiger partial charge in [0, 0.05) is 10.7 Å². The van der Waals surface area contributed by atoms with Gasteiger partial charge in [0.2, 0.25) is 15.9 Å². The van der Waals surface area contributed by atoms with Gasteiger partial charge in [-0.2, -0.15) is 0 Å². The standard InChI is InChI=1S/C19H23ClN2O3S/c1-12-8-13(2)10-16(9-12)21-19(23)15(4)22(26(5,24)25)17-7-6-14(3)18(20)11-17/h6-11,15H,1-5H3,(H,21,23)/t15-/m1/s1. The van der Waals surface area contributed by atoms with Gasteiger partial charge in [0.25, 0.3) is 0 Å². The van der Waals surface area contributed by atoms with Crippen LogP contribution < -0.4 is 9.62 Å². The molecular formula is C19H23ClN2O3S. The van der Waals surface area contributed by atoms with Crippen LogP contribution in [0.1, 0.15) is 23.6 Å². The van der Waals surface area contributed by atoms with Gasteiger partial charge in [-0.25, -0.2) is 8.42 Å². The van der Waals surface area contributed by atoms with Crippen LogP contribution in [0.3, 0.4) is 0 Å². The molecule has 0 aromatic heterocycles. The highest BCUT2D eigenvalue weighted by atomic mass is 35.5. The maximum absolute atomic E-state index is 12.7. The Hall–Kier alpha value is -2.05. The lowest BCUT2D eigenvalue weighted by molar-refractivity contribution is -0.116. The fraction of sp³-hybridized carbons (Fsp3) is 0.316. The van der Waals surface area contributed by atoms with Crippen LogP contribution in [0.4, 0.5) is 11.4 Å². The van der Waals surface area contributed by atoms with Gasteiger partial charge in [-0.05, 0) is 68.7 Å². The largest absolute Gasteiger partial charge is 0.324 e. The monoisotopic (exact) mass is 394 g/mol. The molecule has 2 aromatic carbocycles. The molecule has 0 unspecified atom stereocenters. The molecule has 0 saturated carbocycles. The third-order valence-corrected chi connectivity index (χ3v) is 5.64. The quantitative estimate of drug-likeness (QED) is 0.831. The number of halogens is 1. The van der Waals surface area contributed by atoms with E-state index in [0.29, 0.717) is 16.4 Å². The molecular weight excluding hydrogens is 372 g/mol. The molecule has 1 atom stereocenters. The molecule has 5 nitrogen and oxygen atoms in total. The molecule has 0 fully saturated rings. The number of nitrogens with zero attached hydrogens (tertiary/aromatic N) is 1. The lowest BCUT2D eigenvalue weighted by Gasteiger charge is -2.28. The lowest BCUT2D eigenvalue weighted by atomic mass is 10.1. The molecule has 0 aliphatic heterocycles. The Morgan fingerprint density at radius 2 is 1.65 bits per heavy atom. The highest BCUT2D eigenvalue weighted by Gasteiger charge is 2.29. The highest BCUT2D eigenvalue weighted by molar-refractivity contribution is 7.92. The SMILES string of the molecule is Cc1cc(C)cc(NC(=O)[C@@H](C)N(c2ccc(C)c(Cl)c2)S(C)(=O)=O)c1. The molecule has 1 N–H and O–H groups in total. The van der Waals surface area contributed by atoms with E-state index < -0.39 is 22.0 Å². The third-order valence-electron chi connectivity index (χ3n) is 3.99. The number of aryl methyl sites for hydroxylation is 3. The fourth-order valence-corrected chi connectivity index (χ4v) is 4.16. The Labute approximate surface area is 160 Å². The Kier molecular flexibility index (Phi) is 5.98. The Morgan fingerprint density at radius 3 is 2.15 bits per heavy atom. The van der Waals surface area contributed by atoms with Crippen LogP contribution in [-0.4, -0.2) is 26.6 Å². The van der Waals surface area contributed by atoms with Crippen molar-refractivity contribution in [2.75, 3.05) is 15.9 Å². The summed E-state index contributed by atoms with van der Waals surface area (Å²) in [7, 11) is -3.69. The molecule has 2 aromatic rings. The average Bonchev–Trinajstić information content (AvgIpc) is 2.48. The number of anilines is 2. The van der Waals surface area contributed by atoms with E-state index >= 15 is 0 Å². The number of amides is 1. The van der Waals surface area contributed by atoms with Gasteiger partial charge >= 0.3 is 0 Å². The van der Waals surface area contributed by atoms with E-state index in [1.807, 2.05) is 39.0 Å². The van der Waals surface area contributed by atoms with Crippen LogP contribution in [-0.2, 0) is 14.8 Å². The second-order valence-corrected chi connectivity index (χ2v) is 8.80. The van der Waals surface area contributed by atoms with Crippen molar-refractivity contribution in [1.29, 1.82) is 0 Å². The molecule has 0 aliphatic carbocycles. The van der Waals surface area contributed by atoms with E-state index in [9.17, 15) is 13.2 Å². The second-order valence-electron chi connectivity index (χ2n) is 6.53. The predicted octanol–water partition coefficient (Wildman–Crippen LogP) is 4.06. The number of rotatable bonds is 5. The number of carbonyl (C=O) groups excluding carboxylic acids is 1. The summed E-state index contributed by atoms with van der Waals surface area (Å²) < 4.78 is 25.8. The van der Waals surface area contributed by atoms with Crippen LogP contribution in [0.2, 0.25) is 5.02 Å². The van der Waals surface area contributed by atoms with Gasteiger partial charge in [0.15, 0.2) is 0 Å². The first kappa shape index (κ1) is 20.3. The summed E-state index contributed by atoms with van der Waals surface area (Å²) in [5, 5.41) is 3.24. The third kappa shape index (κ3) is 4.77. The van der Waals surface area contributed by atoms with Crippen molar-refractivity contribution in [3.63, 3.8) is 0 Å². The van der Waals surface area contributed by atoms with Crippen LogP contribution in [0.25, 0.3) is 0 Å². The van der Waals surface area contributed by atoms with E-state index in [4.69, 9.17) is 11.6 Å². The summed E-state index contributed by atoms with van der Waals surface area (Å²) in [5.74, 6) is -0.419. The van der Waals surface area contributed by atoms with Gasteiger partial charge in [-0.1, -0.05) is 23.7 Å². The Balaban J connectivity index is 2.35. The predicted molar refractivity (Wildman–Crippen MR) is 108 cm³/mol. The summed E-state index contributed by atoms with van der Waals surface area (Å²) in [6, 6.07) is 9.66. The summed E-state index contributed by atoms with van der Waals surface area (Å²) in [4.78, 5) is 12.7. The van der Waals surface area contributed by atoms with Gasteiger partial charge in [0.05, 0.1) is 11.9 Å². The molecule has 0 radical (unpaired) electrons. The molecule has 7 heteroatoms. The maximum Gasteiger partial charge on any atom is 0.247 e. The van der Waals surface area contributed by atoms with Crippen LogP contribution in [0.15, 0.2) is 36.4 Å². The molecule has 26 heavy (non-hydrogen) atoms. The zero-order chi connectivity index (χ0) is 19.6. The zero-order valence-corrected chi connectivity index (χ0v) is 17.1. The van der Waals surface area contributed by atoms with Crippen molar-refractivity contribution in [3.05, 3.63) is 58.1 Å². The molecule has 0 heterocycles. The first-order valence-corrected chi connectivity index (χ1v) is 10.4. The van der Waals surface area contributed by atoms with Crippen molar-refractivity contribution < 1.29 is 13.2 Å². The molecule has 2 rings (SSSR count). The van der Waals surface area contributed by atoms with Crippen LogP contribution in [0, 0.1) is 20.8 Å². The summed E-state index contributed by atoms with van der Waals surface area (Å²) >= 11 is 6.13. The minimum Gasteiger partial charge on any atom is -0.324 e. The number of carbonyl (C=O) groups is 1. The molecule has 0 saturated heterocycles. The number of sulfonamides is 1. The van der Waals surface area contributed by atoms with Gasteiger partial charge in [-0.15, -0.1) is 0 Å². The summed E-state index contributed by atoms with van der Waals surface area (Å²) in [6.45, 7) is 7.24. The summed E-state index contributed by atoms with van der Waals surface area (Å²) in [6.07, 6.45) is 1.07. The Morgan fingerprint density at radius 1 is 1.08 bits per heavy atom. The number of nitrogens with one attached hydrogen (secondary N) is 1. The number of hydrogen-bond donors (Lipinski definition) is 1. The van der Waals surface area contributed by atoms with E-state index in [0.717, 1.165) is 27.3 Å². The fourth-order valence-electron chi connectivity index (χ4n) is 2.82. The smallest absolute Gasteiger partial charge is 0.247 e.